The lowest BCUT2D eigenvalue weighted by Crippen LogP contribution is -2.14. The monoisotopic (exact) mass is 724 g/mol. The molecule has 11 rings (SSSR count). The van der Waals surface area contributed by atoms with Crippen molar-refractivity contribution in [1.82, 2.24) is 0 Å². The molecule has 0 nitrogen and oxygen atoms in total. The van der Waals surface area contributed by atoms with Gasteiger partial charge in [-0.25, -0.2) is 0 Å². The highest BCUT2D eigenvalue weighted by atomic mass is 14.4. The van der Waals surface area contributed by atoms with Crippen molar-refractivity contribution in [3.63, 3.8) is 0 Å². The van der Waals surface area contributed by atoms with E-state index in [1.165, 1.54) is 110 Å². The average Bonchev–Trinajstić information content (AvgIpc) is 3.51. The fourth-order valence-corrected chi connectivity index (χ4v) is 9.44. The van der Waals surface area contributed by atoms with Crippen LogP contribution >= 0.6 is 0 Å². The number of hydrogen-bond acceptors (Lipinski definition) is 0. The molecule has 1 aliphatic rings. The van der Waals surface area contributed by atoms with Crippen molar-refractivity contribution in [3.8, 4) is 66.8 Å². The Morgan fingerprint density at radius 3 is 1.47 bits per heavy atom. The Labute approximate surface area is 334 Å². The van der Waals surface area contributed by atoms with Crippen molar-refractivity contribution in [2.24, 2.45) is 0 Å². The highest BCUT2D eigenvalue weighted by Crippen LogP contribution is 2.50. The molecule has 57 heavy (non-hydrogen) atoms. The molecule has 0 unspecified atom stereocenters. The first-order valence-corrected chi connectivity index (χ1v) is 20.0. The minimum Gasteiger partial charge on any atom is -0.0622 e. The molecule has 0 fully saturated rings. The maximum absolute atomic E-state index is 2.47. The van der Waals surface area contributed by atoms with Crippen LogP contribution in [0, 0.1) is 0 Å². The van der Waals surface area contributed by atoms with E-state index in [1.807, 2.05) is 0 Å². The standard InChI is InChI=1S/C57H40/c1-57(2)55-20-12-11-19-49(55)50-30-27-45(36-56(50)57)53-35-46-31-43(39-23-21-38(22-24-39)37-13-5-3-6-14-37)25-28-47(46)48-29-26-44(34-54(48)53)52-33-42-18-10-9-17-41(42)32-51(52)40-15-7-4-8-16-40/h3-36H,1-2H3. The van der Waals surface area contributed by atoms with Gasteiger partial charge in [0.25, 0.3) is 0 Å². The van der Waals surface area contributed by atoms with Crippen molar-refractivity contribution in [2.75, 3.05) is 0 Å². The molecule has 0 saturated carbocycles. The van der Waals surface area contributed by atoms with Crippen LogP contribution in [0.1, 0.15) is 25.0 Å². The summed E-state index contributed by atoms with van der Waals surface area (Å²) in [6.07, 6.45) is 0. The number of rotatable bonds is 5. The first-order chi connectivity index (χ1) is 28.0. The minimum absolute atomic E-state index is 0.0888. The molecule has 1 aliphatic carbocycles. The van der Waals surface area contributed by atoms with E-state index in [0.29, 0.717) is 0 Å². The highest BCUT2D eigenvalue weighted by molar-refractivity contribution is 6.16. The van der Waals surface area contributed by atoms with Crippen LogP contribution in [-0.2, 0) is 5.41 Å². The molecule has 0 saturated heterocycles. The maximum atomic E-state index is 2.47. The Morgan fingerprint density at radius 2 is 0.737 bits per heavy atom. The molecule has 0 heterocycles. The van der Waals surface area contributed by atoms with Crippen LogP contribution in [-0.4, -0.2) is 0 Å². The van der Waals surface area contributed by atoms with Gasteiger partial charge in [0.15, 0.2) is 0 Å². The average molecular weight is 725 g/mol. The SMILES string of the molecule is CC1(C)c2ccccc2-c2ccc(-c3cc4cc(-c5ccc(-c6ccccc6)cc5)ccc4c4ccc(-c5cc6ccccc6cc5-c5ccccc5)cc34)cc21. The third-order valence-electron chi connectivity index (χ3n) is 12.5. The molecule has 10 aromatic rings. The van der Waals surface area contributed by atoms with Crippen LogP contribution in [0.25, 0.3) is 99.1 Å². The quantitative estimate of drug-likeness (QED) is 0.155. The second-order valence-corrected chi connectivity index (χ2v) is 16.1. The molecule has 0 heteroatoms. The van der Waals surface area contributed by atoms with Gasteiger partial charge in [0.2, 0.25) is 0 Å². The van der Waals surface area contributed by atoms with E-state index in [1.54, 1.807) is 0 Å². The molecular formula is C57H40. The van der Waals surface area contributed by atoms with Gasteiger partial charge in [-0.05, 0) is 147 Å². The molecule has 0 N–H and O–H groups in total. The van der Waals surface area contributed by atoms with Crippen molar-refractivity contribution >= 4 is 32.3 Å². The van der Waals surface area contributed by atoms with Crippen LogP contribution in [0.5, 0.6) is 0 Å². The summed E-state index contributed by atoms with van der Waals surface area (Å²) in [6, 6.07) is 76.6. The molecule has 10 aromatic carbocycles. The fourth-order valence-electron chi connectivity index (χ4n) is 9.44. The summed E-state index contributed by atoms with van der Waals surface area (Å²) in [6.45, 7) is 4.75. The second kappa shape index (κ2) is 13.0. The summed E-state index contributed by atoms with van der Waals surface area (Å²) in [5.41, 5.74) is 17.7. The van der Waals surface area contributed by atoms with E-state index in [-0.39, 0.29) is 5.41 Å². The molecule has 0 atom stereocenters. The van der Waals surface area contributed by atoms with Crippen LogP contribution in [0.2, 0.25) is 0 Å². The van der Waals surface area contributed by atoms with Crippen molar-refractivity contribution in [1.29, 1.82) is 0 Å². The lowest BCUT2D eigenvalue weighted by Gasteiger charge is -2.22. The molecule has 0 spiro atoms. The topological polar surface area (TPSA) is 0 Å². The zero-order chi connectivity index (χ0) is 38.1. The van der Waals surface area contributed by atoms with Gasteiger partial charge in [-0.2, -0.15) is 0 Å². The van der Waals surface area contributed by atoms with Gasteiger partial charge in [-0.3, -0.25) is 0 Å². The van der Waals surface area contributed by atoms with Gasteiger partial charge >= 0.3 is 0 Å². The smallest absolute Gasteiger partial charge is 0.0159 e. The largest absolute Gasteiger partial charge is 0.0622 e. The van der Waals surface area contributed by atoms with Crippen molar-refractivity contribution < 1.29 is 0 Å². The van der Waals surface area contributed by atoms with Crippen LogP contribution in [0.3, 0.4) is 0 Å². The predicted octanol–water partition coefficient (Wildman–Crippen LogP) is 15.8. The predicted molar refractivity (Wildman–Crippen MR) is 244 cm³/mol. The lowest BCUT2D eigenvalue weighted by molar-refractivity contribution is 0.660. The lowest BCUT2D eigenvalue weighted by atomic mass is 9.81. The summed E-state index contributed by atoms with van der Waals surface area (Å²) in [5.74, 6) is 0. The van der Waals surface area contributed by atoms with Crippen LogP contribution < -0.4 is 0 Å². The Hall–Kier alpha value is -7.02. The van der Waals surface area contributed by atoms with E-state index in [4.69, 9.17) is 0 Å². The normalized spacial score (nSPS) is 12.9. The Morgan fingerprint density at radius 1 is 0.246 bits per heavy atom. The molecule has 0 aromatic heterocycles. The van der Waals surface area contributed by atoms with Gasteiger partial charge in [0, 0.05) is 5.41 Å². The van der Waals surface area contributed by atoms with E-state index >= 15 is 0 Å². The first kappa shape index (κ1) is 33.3. The Balaban J connectivity index is 1.13. The van der Waals surface area contributed by atoms with E-state index in [2.05, 4.69) is 220 Å². The van der Waals surface area contributed by atoms with Crippen LogP contribution in [0.4, 0.5) is 0 Å². The zero-order valence-electron chi connectivity index (χ0n) is 32.1. The van der Waals surface area contributed by atoms with E-state index < -0.39 is 0 Å². The Kier molecular flexibility index (Phi) is 7.63. The van der Waals surface area contributed by atoms with Crippen LogP contribution in [0.15, 0.2) is 206 Å². The molecule has 0 bridgehead atoms. The summed E-state index contributed by atoms with van der Waals surface area (Å²) in [7, 11) is 0. The third-order valence-corrected chi connectivity index (χ3v) is 12.5. The summed E-state index contributed by atoms with van der Waals surface area (Å²) < 4.78 is 0. The number of hydrogen-bond donors (Lipinski definition) is 0. The van der Waals surface area contributed by atoms with Crippen molar-refractivity contribution in [2.45, 2.75) is 19.3 Å². The number of benzene rings is 10. The van der Waals surface area contributed by atoms with Gasteiger partial charge in [0.1, 0.15) is 0 Å². The van der Waals surface area contributed by atoms with Gasteiger partial charge in [-0.1, -0.05) is 184 Å². The first-order valence-electron chi connectivity index (χ1n) is 20.0. The number of fused-ring (bicyclic) bond motifs is 7. The molecular weight excluding hydrogens is 685 g/mol. The molecule has 268 valence electrons. The van der Waals surface area contributed by atoms with E-state index in [9.17, 15) is 0 Å². The Bertz CT molecular complexity index is 3170. The fraction of sp³-hybridized carbons (Fsp3) is 0.0526. The maximum Gasteiger partial charge on any atom is 0.0159 e. The second-order valence-electron chi connectivity index (χ2n) is 16.1. The van der Waals surface area contributed by atoms with Crippen molar-refractivity contribution in [3.05, 3.63) is 217 Å². The summed E-state index contributed by atoms with van der Waals surface area (Å²) in [5, 5.41) is 7.53. The summed E-state index contributed by atoms with van der Waals surface area (Å²) in [4.78, 5) is 0. The minimum atomic E-state index is -0.0888. The summed E-state index contributed by atoms with van der Waals surface area (Å²) >= 11 is 0. The highest BCUT2D eigenvalue weighted by Gasteiger charge is 2.35. The van der Waals surface area contributed by atoms with Gasteiger partial charge < -0.3 is 0 Å². The zero-order valence-corrected chi connectivity index (χ0v) is 32.1. The molecule has 0 aliphatic heterocycles. The third kappa shape index (κ3) is 5.52. The van der Waals surface area contributed by atoms with Gasteiger partial charge in [-0.15, -0.1) is 0 Å². The molecule has 0 amide bonds. The molecule has 0 radical (unpaired) electrons. The van der Waals surface area contributed by atoms with Gasteiger partial charge in [0.05, 0.1) is 0 Å². The van der Waals surface area contributed by atoms with E-state index in [0.717, 1.165) is 0 Å².